The number of rotatable bonds is 13. The van der Waals surface area contributed by atoms with E-state index in [1.807, 2.05) is 20.8 Å². The molecule has 24 nitrogen and oxygen atoms in total. The maximum atomic E-state index is 15.8. The van der Waals surface area contributed by atoms with Gasteiger partial charge in [0, 0.05) is 81.4 Å². The van der Waals surface area contributed by atoms with Crippen molar-refractivity contribution in [2.75, 3.05) is 76.5 Å². The van der Waals surface area contributed by atoms with Gasteiger partial charge in [-0.3, -0.25) is 57.5 Å². The van der Waals surface area contributed by atoms with Crippen molar-refractivity contribution in [1.82, 2.24) is 60.0 Å². The van der Waals surface area contributed by atoms with E-state index in [9.17, 15) is 46.7 Å². The summed E-state index contributed by atoms with van der Waals surface area (Å²) in [5, 5.41) is 8.52. The minimum atomic E-state index is -4.79. The second kappa shape index (κ2) is 36.8. The lowest BCUT2D eigenvalue weighted by molar-refractivity contribution is -0.160. The monoisotopic (exact) mass is 1510 g/mol. The van der Waals surface area contributed by atoms with E-state index >= 15 is 24.0 Å². The first kappa shape index (κ1) is 84.7. The lowest BCUT2D eigenvalue weighted by Crippen LogP contribution is -2.65. The first-order valence-corrected chi connectivity index (χ1v) is 38.0. The highest BCUT2D eigenvalue weighted by Gasteiger charge is 2.52. The molecule has 1 spiro atoms. The van der Waals surface area contributed by atoms with Crippen LogP contribution in [0.1, 0.15) is 173 Å². The highest BCUT2D eigenvalue weighted by Crippen LogP contribution is 2.39. The number of carbonyl (C=O) groups is 12. The van der Waals surface area contributed by atoms with Gasteiger partial charge in [-0.05, 0) is 124 Å². The number of benzene rings is 2. The van der Waals surface area contributed by atoms with Gasteiger partial charge in [0.15, 0.2) is 0 Å². The molecule has 7 rings (SSSR count). The molecule has 10 atom stereocenters. The highest BCUT2D eigenvalue weighted by atomic mass is 35.5. The van der Waals surface area contributed by atoms with Gasteiger partial charge in [0.05, 0.1) is 23.6 Å². The highest BCUT2D eigenvalue weighted by molar-refractivity contribution is 6.31. The summed E-state index contributed by atoms with van der Waals surface area (Å²) in [6.45, 7) is 8.29. The van der Waals surface area contributed by atoms with E-state index in [-0.39, 0.29) is 75.3 Å². The van der Waals surface area contributed by atoms with Crippen molar-refractivity contribution in [1.29, 1.82) is 0 Å². The topological polar surface area (TPSA) is 270 Å². The molecule has 29 heteroatoms. The van der Waals surface area contributed by atoms with Gasteiger partial charge in [0.25, 0.3) is 0 Å². The van der Waals surface area contributed by atoms with E-state index in [0.29, 0.717) is 55.5 Å². The third-order valence-corrected chi connectivity index (χ3v) is 23.3. The second-order valence-electron chi connectivity index (χ2n) is 30.7. The zero-order chi connectivity index (χ0) is 77.9. The molecular formula is C76H111Cl2F3N12O12. The van der Waals surface area contributed by atoms with Gasteiger partial charge in [-0.25, -0.2) is 0 Å². The van der Waals surface area contributed by atoms with Crippen molar-refractivity contribution in [3.05, 3.63) is 69.2 Å². The zero-order valence-corrected chi connectivity index (χ0v) is 65.1. The Labute approximate surface area is 626 Å². The summed E-state index contributed by atoms with van der Waals surface area (Å²) in [6, 6.07) is -1.92. The number of hydrogen-bond donors (Lipinski definition) is 3. The van der Waals surface area contributed by atoms with Crippen LogP contribution in [0.5, 0.6) is 0 Å². The van der Waals surface area contributed by atoms with Crippen LogP contribution in [0.15, 0.2) is 42.5 Å². The van der Waals surface area contributed by atoms with Gasteiger partial charge in [-0.15, -0.1) is 0 Å². The van der Waals surface area contributed by atoms with Crippen molar-refractivity contribution >= 4 is 94.1 Å². The van der Waals surface area contributed by atoms with Gasteiger partial charge in [-0.1, -0.05) is 133 Å². The standard InChI is InChI=1S/C76H111Cl2F3N12O12/c1-15-46(4)63-72(103)87(9)47(5)67(98)93-38-35-56(93)71(102)90(12)59(42-48-23-17-16-18-24-48)70(101)86(8)44-61(94)82-55(34-30-49-29-33-53(54(78)40-49)76(79,80)81)68(99)89(11)58(41-50-27-31-52(77)32-28-50)66(97)84-75(36-21-22-37-75)74(105)92(14)64(51-25-19-20-26-51)73(104)91(13)60(69(100)85(6)7)43-62(95)88(10)57(39-45(2)3)65(96)83-63/h27-29,31-33,40,45-48,51,55-60,63-64H,15-26,30,34-39,41-44H2,1-14H3,(H,82,94)(H,83,96)(H,84,97)/t46-,47-,55-,56-,57-,58-,59-,60-,63-,64-/m0/s1. The Morgan fingerprint density at radius 2 is 1.25 bits per heavy atom. The summed E-state index contributed by atoms with van der Waals surface area (Å²) >= 11 is 12.6. The minimum absolute atomic E-state index is 0.00156. The Morgan fingerprint density at radius 1 is 0.648 bits per heavy atom. The smallest absolute Gasteiger partial charge is 0.347 e. The second-order valence-corrected chi connectivity index (χ2v) is 31.6. The number of alkyl halides is 3. The van der Waals surface area contributed by atoms with Crippen molar-refractivity contribution in [2.45, 2.75) is 236 Å². The molecule has 0 aromatic heterocycles. The summed E-state index contributed by atoms with van der Waals surface area (Å²) in [4.78, 5) is 193. The molecule has 12 amide bonds. The van der Waals surface area contributed by atoms with E-state index in [2.05, 4.69) is 16.0 Å². The molecule has 2 saturated heterocycles. The van der Waals surface area contributed by atoms with Crippen LogP contribution in [0.2, 0.25) is 10.0 Å². The third-order valence-electron chi connectivity index (χ3n) is 22.8. The van der Waals surface area contributed by atoms with Crippen LogP contribution in [0, 0.1) is 23.7 Å². The largest absolute Gasteiger partial charge is 0.417 e. The van der Waals surface area contributed by atoms with Crippen molar-refractivity contribution < 1.29 is 70.7 Å². The van der Waals surface area contributed by atoms with Crippen LogP contribution in [-0.2, 0) is 76.6 Å². The number of hydrogen-bond acceptors (Lipinski definition) is 12. The number of nitrogens with zero attached hydrogens (tertiary/aromatic N) is 9. The van der Waals surface area contributed by atoms with Crippen LogP contribution in [0.25, 0.3) is 0 Å². The fourth-order valence-electron chi connectivity index (χ4n) is 15.7. The van der Waals surface area contributed by atoms with Crippen molar-refractivity contribution in [2.24, 2.45) is 23.7 Å². The molecule has 105 heavy (non-hydrogen) atoms. The SMILES string of the molecule is CC[C@H](C)[C@@H]1NC(=O)[C@H](CC(C)C)N(C)C(=O)C[C@@H](C(=O)N(C)C)N(C)C(=O)[C@H](C2CCCC2)N(C)C(=O)C2(CCCC2)NC(=O)[C@H](Cc2ccc(Cl)cc2)N(C)C(=O)[C@H](CCc2ccc(C(F)(F)F)c(Cl)c2)NC(=O)CN(C)C(=O)[C@H](CC2CCCCC2)N(C)C(=O)[C@@H]2CCN2C(=O)[C@H](C)N(C)C1=O. The quantitative estimate of drug-likeness (QED) is 0.177. The van der Waals surface area contributed by atoms with Crippen LogP contribution in [0.4, 0.5) is 13.2 Å². The Morgan fingerprint density at radius 3 is 1.81 bits per heavy atom. The van der Waals surface area contributed by atoms with Crippen molar-refractivity contribution in [3.8, 4) is 0 Å². The van der Waals surface area contributed by atoms with Crippen LogP contribution < -0.4 is 16.0 Å². The number of likely N-dealkylation sites (N-methyl/N-ethyl adjacent to an activating group) is 8. The predicted octanol–water partition coefficient (Wildman–Crippen LogP) is 7.37. The Hall–Kier alpha value is -7.55. The first-order chi connectivity index (χ1) is 49.3. The summed E-state index contributed by atoms with van der Waals surface area (Å²) in [5.41, 5.74) is -1.98. The van der Waals surface area contributed by atoms with Crippen molar-refractivity contribution in [3.63, 3.8) is 0 Å². The maximum Gasteiger partial charge on any atom is 0.417 e. The average Bonchev–Trinajstić information content (AvgIpc) is 1.59. The van der Waals surface area contributed by atoms with E-state index in [1.54, 1.807) is 31.2 Å². The molecule has 582 valence electrons. The molecule has 3 N–H and O–H groups in total. The normalized spacial score (nSPS) is 26.5. The number of amides is 12. The molecule has 0 radical (unpaired) electrons. The molecular weight excluding hydrogens is 1400 g/mol. The van der Waals surface area contributed by atoms with Gasteiger partial charge < -0.3 is 60.0 Å². The number of halogens is 5. The fraction of sp³-hybridized carbons (Fsp3) is 0.684. The molecule has 2 heterocycles. The molecule has 5 fully saturated rings. The zero-order valence-electron chi connectivity index (χ0n) is 63.6. The van der Waals surface area contributed by atoms with Gasteiger partial charge in [-0.2, -0.15) is 13.2 Å². The number of nitrogens with one attached hydrogen (secondary N) is 3. The summed E-state index contributed by atoms with van der Waals surface area (Å²) in [6.07, 6.45) is 2.79. The molecule has 2 aliphatic heterocycles. The lowest BCUT2D eigenvalue weighted by atomic mass is 9.84. The minimum Gasteiger partial charge on any atom is -0.347 e. The Kier molecular flexibility index (Phi) is 29.7. The molecule has 3 aliphatic carbocycles. The molecule has 0 bridgehead atoms. The first-order valence-electron chi connectivity index (χ1n) is 37.2. The molecule has 0 unspecified atom stereocenters. The predicted molar refractivity (Wildman–Crippen MR) is 391 cm³/mol. The molecule has 2 aromatic rings. The maximum absolute atomic E-state index is 15.8. The van der Waals surface area contributed by atoms with E-state index < -0.39 is 172 Å². The summed E-state index contributed by atoms with van der Waals surface area (Å²) in [7, 11) is 12.8. The van der Waals surface area contributed by atoms with Crippen LogP contribution >= 0.6 is 23.2 Å². The number of carbonyl (C=O) groups excluding carboxylic acids is 12. The molecule has 3 saturated carbocycles. The third kappa shape index (κ3) is 20.6. The van der Waals surface area contributed by atoms with E-state index in [1.165, 1.54) is 111 Å². The lowest BCUT2D eigenvalue weighted by Gasteiger charge is -2.45. The van der Waals surface area contributed by atoms with Crippen LogP contribution in [0.3, 0.4) is 0 Å². The molecule has 5 aliphatic rings. The van der Waals surface area contributed by atoms with Gasteiger partial charge in [0.2, 0.25) is 70.9 Å². The average molecular weight is 1510 g/mol. The molecule has 2 aromatic carbocycles. The summed E-state index contributed by atoms with van der Waals surface area (Å²) in [5.74, 6) is -9.33. The fourth-order valence-corrected chi connectivity index (χ4v) is 16.1. The van der Waals surface area contributed by atoms with E-state index in [0.717, 1.165) is 54.0 Å². The number of fused-ring (bicyclic) bond motifs is 1. The van der Waals surface area contributed by atoms with Crippen LogP contribution in [-0.4, -0.2) is 251 Å². The van der Waals surface area contributed by atoms with E-state index in [4.69, 9.17) is 23.2 Å². The number of aryl methyl sites for hydroxylation is 1. The van der Waals surface area contributed by atoms with Gasteiger partial charge in [0.1, 0.15) is 59.9 Å². The Balaban J connectivity index is 1.34. The Bertz CT molecular complexity index is 3470. The summed E-state index contributed by atoms with van der Waals surface area (Å²) < 4.78 is 42.0. The van der Waals surface area contributed by atoms with Gasteiger partial charge >= 0.3 is 6.18 Å².